The Bertz CT molecular complexity index is 1200. The number of hydrogen-bond acceptors (Lipinski definition) is 5. The molecular weight excluding hydrogens is 442 g/mol. The molecule has 1 amide bonds. The first-order valence-corrected chi connectivity index (χ1v) is 13.0. The molecule has 1 unspecified atom stereocenters. The lowest BCUT2D eigenvalue weighted by Crippen LogP contribution is -2.32. The van der Waals surface area contributed by atoms with Crippen molar-refractivity contribution in [2.24, 2.45) is 0 Å². The van der Waals surface area contributed by atoms with E-state index in [9.17, 15) is 4.79 Å². The summed E-state index contributed by atoms with van der Waals surface area (Å²) in [5, 5.41) is 0. The second kappa shape index (κ2) is 9.26. The van der Waals surface area contributed by atoms with Crippen molar-refractivity contribution in [3.63, 3.8) is 0 Å². The molecule has 1 aromatic heterocycles. The molecule has 0 aliphatic carbocycles. The summed E-state index contributed by atoms with van der Waals surface area (Å²) in [6.45, 7) is 3.56. The van der Waals surface area contributed by atoms with Gasteiger partial charge in [-0.2, -0.15) is 0 Å². The van der Waals surface area contributed by atoms with Gasteiger partial charge in [0.05, 0.1) is 23.9 Å². The molecule has 1 fully saturated rings. The molecule has 6 rings (SSSR count). The summed E-state index contributed by atoms with van der Waals surface area (Å²) in [5.41, 5.74) is 4.47. The van der Waals surface area contributed by atoms with Gasteiger partial charge in [0.1, 0.15) is 0 Å². The summed E-state index contributed by atoms with van der Waals surface area (Å²) in [6.07, 6.45) is 12.4. The smallest absolute Gasteiger partial charge is 0.253 e. The number of rotatable bonds is 6. The van der Waals surface area contributed by atoms with Crippen molar-refractivity contribution in [2.75, 3.05) is 24.5 Å². The number of carbonyl (C=O) groups excluding carboxylic acids is 1. The Kier molecular flexibility index (Phi) is 5.83. The maximum Gasteiger partial charge on any atom is 0.253 e. The first-order chi connectivity index (χ1) is 16.8. The van der Waals surface area contributed by atoms with Gasteiger partial charge in [0, 0.05) is 53.1 Å². The zero-order chi connectivity index (χ0) is 22.9. The Morgan fingerprint density at radius 2 is 1.88 bits per heavy atom. The van der Waals surface area contributed by atoms with Crippen molar-refractivity contribution in [2.45, 2.75) is 48.1 Å². The number of amides is 1. The van der Waals surface area contributed by atoms with E-state index in [0.29, 0.717) is 6.04 Å². The van der Waals surface area contributed by atoms with Crippen LogP contribution in [0, 0.1) is 0 Å². The average molecular weight is 472 g/mol. The highest BCUT2D eigenvalue weighted by Crippen LogP contribution is 2.48. The Morgan fingerprint density at radius 3 is 2.74 bits per heavy atom. The van der Waals surface area contributed by atoms with Crippen LogP contribution in [0.5, 0.6) is 0 Å². The molecule has 0 N–H and O–H groups in total. The zero-order valence-electron chi connectivity index (χ0n) is 19.2. The summed E-state index contributed by atoms with van der Waals surface area (Å²) in [4.78, 5) is 22.3. The fourth-order valence-corrected chi connectivity index (χ4v) is 6.39. The number of anilines is 2. The lowest BCUT2D eigenvalue weighted by molar-refractivity contribution is 0.0792. The molecule has 4 heterocycles. The van der Waals surface area contributed by atoms with E-state index in [4.69, 9.17) is 4.42 Å². The molecule has 1 saturated heterocycles. The van der Waals surface area contributed by atoms with Crippen molar-refractivity contribution in [1.29, 1.82) is 0 Å². The van der Waals surface area contributed by atoms with Crippen LogP contribution in [0.1, 0.15) is 41.6 Å². The Labute approximate surface area is 205 Å². The molecule has 5 nitrogen and oxygen atoms in total. The van der Waals surface area contributed by atoms with Gasteiger partial charge in [-0.05, 0) is 68.3 Å². The first kappa shape index (κ1) is 21.4. The molecule has 1 atom stereocenters. The van der Waals surface area contributed by atoms with Crippen molar-refractivity contribution in [1.82, 2.24) is 9.80 Å². The fourth-order valence-electron chi connectivity index (χ4n) is 5.26. The summed E-state index contributed by atoms with van der Waals surface area (Å²) < 4.78 is 5.26. The van der Waals surface area contributed by atoms with Crippen LogP contribution in [-0.4, -0.2) is 41.4 Å². The maximum absolute atomic E-state index is 13.0. The number of likely N-dealkylation sites (tertiary alicyclic amines) is 1. The highest BCUT2D eigenvalue weighted by molar-refractivity contribution is 7.99. The van der Waals surface area contributed by atoms with E-state index in [1.165, 1.54) is 26.7 Å². The van der Waals surface area contributed by atoms with Gasteiger partial charge in [0.2, 0.25) is 0 Å². The minimum absolute atomic E-state index is 0.165. The summed E-state index contributed by atoms with van der Waals surface area (Å²) >= 11 is 1.78. The van der Waals surface area contributed by atoms with Gasteiger partial charge in [0.15, 0.2) is 0 Å². The molecule has 3 aliphatic heterocycles. The summed E-state index contributed by atoms with van der Waals surface area (Å²) in [5.74, 6) is 0.165. The van der Waals surface area contributed by atoms with E-state index in [2.05, 4.69) is 58.5 Å². The Balaban J connectivity index is 1.23. The monoisotopic (exact) mass is 471 g/mol. The number of para-hydroxylation sites is 1. The standard InChI is InChI=1S/C28H29N3O2S/c32-28(29-13-3-4-14-29)22-9-10-25-27(18-22)34-26-8-2-1-7-24(26)31(25)16-11-23-6-5-15-30(23)19-21-12-17-33-20-21/h1-2,5,7-10,12,15,17-18,20,23H,3-4,6,11,13-14,16,19H2. The second-order valence-electron chi connectivity index (χ2n) is 9.27. The molecule has 174 valence electrons. The van der Waals surface area contributed by atoms with E-state index in [-0.39, 0.29) is 5.91 Å². The Morgan fingerprint density at radius 1 is 1.03 bits per heavy atom. The van der Waals surface area contributed by atoms with E-state index in [1.807, 2.05) is 23.3 Å². The summed E-state index contributed by atoms with van der Waals surface area (Å²) in [7, 11) is 0. The van der Waals surface area contributed by atoms with Gasteiger partial charge in [-0.1, -0.05) is 30.0 Å². The molecule has 34 heavy (non-hydrogen) atoms. The van der Waals surface area contributed by atoms with Crippen LogP contribution in [0.4, 0.5) is 11.4 Å². The molecule has 0 saturated carbocycles. The van der Waals surface area contributed by atoms with Crippen molar-refractivity contribution < 1.29 is 9.21 Å². The molecule has 3 aliphatic rings. The zero-order valence-corrected chi connectivity index (χ0v) is 20.0. The fraction of sp³-hybridized carbons (Fsp3) is 0.321. The van der Waals surface area contributed by atoms with Gasteiger partial charge in [-0.3, -0.25) is 4.79 Å². The minimum atomic E-state index is 0.165. The van der Waals surface area contributed by atoms with Crippen molar-refractivity contribution >= 4 is 29.0 Å². The van der Waals surface area contributed by atoms with Gasteiger partial charge in [-0.25, -0.2) is 0 Å². The van der Waals surface area contributed by atoms with Crippen LogP contribution in [0.3, 0.4) is 0 Å². The normalized spacial score (nSPS) is 18.9. The SMILES string of the molecule is O=C(c1ccc2c(c1)Sc1ccccc1N2CCC1CC=CN1Cc1ccoc1)N1CCCC1. The van der Waals surface area contributed by atoms with Crippen LogP contribution >= 0.6 is 11.8 Å². The topological polar surface area (TPSA) is 39.9 Å². The number of benzene rings is 2. The Hall–Kier alpha value is -3.12. The van der Waals surface area contributed by atoms with Gasteiger partial charge < -0.3 is 19.1 Å². The molecule has 6 heteroatoms. The molecule has 0 radical (unpaired) electrons. The predicted octanol–water partition coefficient (Wildman–Crippen LogP) is 6.30. The number of carbonyl (C=O) groups is 1. The lowest BCUT2D eigenvalue weighted by Gasteiger charge is -2.35. The van der Waals surface area contributed by atoms with Crippen molar-refractivity contribution in [3.8, 4) is 0 Å². The number of furan rings is 1. The lowest BCUT2D eigenvalue weighted by atomic mass is 10.1. The molecular formula is C28H29N3O2S. The van der Waals surface area contributed by atoms with Crippen LogP contribution in [0.15, 0.2) is 87.5 Å². The second-order valence-corrected chi connectivity index (χ2v) is 10.4. The van der Waals surface area contributed by atoms with Gasteiger partial charge in [-0.15, -0.1) is 0 Å². The average Bonchev–Trinajstić information content (AvgIpc) is 3.65. The molecule has 3 aromatic rings. The third-order valence-electron chi connectivity index (χ3n) is 7.07. The van der Waals surface area contributed by atoms with Crippen LogP contribution in [0.25, 0.3) is 0 Å². The third-order valence-corrected chi connectivity index (χ3v) is 8.18. The van der Waals surface area contributed by atoms with E-state index in [1.54, 1.807) is 18.0 Å². The highest BCUT2D eigenvalue weighted by atomic mass is 32.2. The van der Waals surface area contributed by atoms with E-state index < -0.39 is 0 Å². The minimum Gasteiger partial charge on any atom is -0.472 e. The first-order valence-electron chi connectivity index (χ1n) is 12.2. The van der Waals surface area contributed by atoms with Gasteiger partial charge >= 0.3 is 0 Å². The van der Waals surface area contributed by atoms with Crippen LogP contribution in [-0.2, 0) is 6.54 Å². The largest absolute Gasteiger partial charge is 0.472 e. The predicted molar refractivity (Wildman–Crippen MR) is 136 cm³/mol. The number of nitrogens with zero attached hydrogens (tertiary/aromatic N) is 3. The van der Waals surface area contributed by atoms with Crippen LogP contribution in [0.2, 0.25) is 0 Å². The van der Waals surface area contributed by atoms with Crippen LogP contribution < -0.4 is 4.90 Å². The number of hydrogen-bond donors (Lipinski definition) is 0. The van der Waals surface area contributed by atoms with Crippen molar-refractivity contribution in [3.05, 3.63) is 84.5 Å². The van der Waals surface area contributed by atoms with Gasteiger partial charge in [0.25, 0.3) is 5.91 Å². The summed E-state index contributed by atoms with van der Waals surface area (Å²) in [6, 6.07) is 17.4. The molecule has 0 spiro atoms. The highest BCUT2D eigenvalue weighted by Gasteiger charge is 2.28. The number of fused-ring (bicyclic) bond motifs is 2. The van der Waals surface area contributed by atoms with E-state index >= 15 is 0 Å². The quantitative estimate of drug-likeness (QED) is 0.422. The molecule has 2 aromatic carbocycles. The maximum atomic E-state index is 13.0. The van der Waals surface area contributed by atoms with E-state index in [0.717, 1.165) is 57.4 Å². The molecule has 0 bridgehead atoms. The third kappa shape index (κ3) is 4.11.